The van der Waals surface area contributed by atoms with Gasteiger partial charge in [-0.1, -0.05) is 0 Å². The van der Waals surface area contributed by atoms with E-state index in [2.05, 4.69) is 10.6 Å². The summed E-state index contributed by atoms with van der Waals surface area (Å²) in [6, 6.07) is 1.88. The lowest BCUT2D eigenvalue weighted by Gasteiger charge is -2.17. The molecule has 0 aliphatic carbocycles. The van der Waals surface area contributed by atoms with Gasteiger partial charge in [-0.05, 0) is 43.5 Å². The van der Waals surface area contributed by atoms with Gasteiger partial charge in [-0.2, -0.15) is 0 Å². The molecular formula is C14H20N2O2S. The van der Waals surface area contributed by atoms with Crippen molar-refractivity contribution in [2.45, 2.75) is 26.8 Å². The van der Waals surface area contributed by atoms with Crippen LogP contribution in [0.25, 0.3) is 0 Å². The summed E-state index contributed by atoms with van der Waals surface area (Å²) >= 11 is 1.75. The normalized spacial score (nSPS) is 18.4. The third-order valence-electron chi connectivity index (χ3n) is 3.52. The number of rotatable bonds is 3. The fourth-order valence-corrected chi connectivity index (χ4v) is 3.23. The van der Waals surface area contributed by atoms with Crippen molar-refractivity contribution >= 4 is 23.4 Å². The van der Waals surface area contributed by atoms with Gasteiger partial charge in [-0.3, -0.25) is 10.1 Å². The average Bonchev–Trinajstić information content (AvgIpc) is 2.90. The first kappa shape index (κ1) is 14.2. The van der Waals surface area contributed by atoms with Gasteiger partial charge in [-0.25, -0.2) is 0 Å². The first-order valence-corrected chi connectivity index (χ1v) is 7.47. The van der Waals surface area contributed by atoms with Crippen molar-refractivity contribution in [1.29, 1.82) is 0 Å². The molecule has 1 saturated heterocycles. The van der Waals surface area contributed by atoms with Crippen molar-refractivity contribution in [3.63, 3.8) is 0 Å². The fourth-order valence-electron chi connectivity index (χ4n) is 2.29. The van der Waals surface area contributed by atoms with Crippen LogP contribution in [0.2, 0.25) is 0 Å². The van der Waals surface area contributed by atoms with E-state index in [0.717, 1.165) is 39.8 Å². The smallest absolute Gasteiger partial charge is 0.242 e. The van der Waals surface area contributed by atoms with Crippen LogP contribution in [0.1, 0.15) is 16.7 Å². The molecule has 1 aromatic rings. The molecule has 2 N–H and O–H groups in total. The molecule has 104 valence electrons. The molecule has 1 amide bonds. The second-order valence-electron chi connectivity index (χ2n) is 4.79. The molecule has 5 heteroatoms. The van der Waals surface area contributed by atoms with Crippen LogP contribution in [0.4, 0.5) is 5.69 Å². The minimum absolute atomic E-state index is 0.0390. The Morgan fingerprint density at radius 2 is 2.16 bits per heavy atom. The maximum atomic E-state index is 12.1. The first-order chi connectivity index (χ1) is 9.04. The van der Waals surface area contributed by atoms with E-state index in [1.165, 1.54) is 0 Å². The molecular weight excluding hydrogens is 260 g/mol. The number of hydrogen-bond donors (Lipinski definition) is 2. The number of carbonyl (C=O) groups excluding carboxylic acids is 1. The third kappa shape index (κ3) is 2.87. The molecule has 0 saturated carbocycles. The highest BCUT2D eigenvalue weighted by atomic mass is 32.2. The minimum atomic E-state index is -0.0906. The van der Waals surface area contributed by atoms with Gasteiger partial charge in [0.15, 0.2) is 0 Å². The summed E-state index contributed by atoms with van der Waals surface area (Å²) in [4.78, 5) is 12.1. The topological polar surface area (TPSA) is 50.4 Å². The van der Waals surface area contributed by atoms with E-state index in [9.17, 15) is 4.79 Å². The highest BCUT2D eigenvalue weighted by Gasteiger charge is 2.23. The summed E-state index contributed by atoms with van der Waals surface area (Å²) in [6.45, 7) is 6.01. The predicted octanol–water partition coefficient (Wildman–Crippen LogP) is 2.22. The molecule has 1 atom stereocenters. The van der Waals surface area contributed by atoms with Crippen molar-refractivity contribution in [3.8, 4) is 5.75 Å². The standard InChI is InChI=1S/C14H20N2O2S/c1-8-5-11(9(2)10(3)13(8)18-4)16-14(17)12-6-19-7-15-12/h5,12,15H,6-7H2,1-4H3,(H,16,17). The molecule has 1 aliphatic rings. The number of benzene rings is 1. The largest absolute Gasteiger partial charge is 0.496 e. The minimum Gasteiger partial charge on any atom is -0.496 e. The lowest BCUT2D eigenvalue weighted by atomic mass is 10.0. The van der Waals surface area contributed by atoms with E-state index in [1.54, 1.807) is 18.9 Å². The van der Waals surface area contributed by atoms with Gasteiger partial charge in [0.25, 0.3) is 0 Å². The van der Waals surface area contributed by atoms with Crippen LogP contribution in [0.3, 0.4) is 0 Å². The summed E-state index contributed by atoms with van der Waals surface area (Å²) in [6.07, 6.45) is 0. The second kappa shape index (κ2) is 5.84. The number of carbonyl (C=O) groups is 1. The van der Waals surface area contributed by atoms with Crippen LogP contribution in [-0.2, 0) is 4.79 Å². The molecule has 1 unspecified atom stereocenters. The highest BCUT2D eigenvalue weighted by molar-refractivity contribution is 7.99. The second-order valence-corrected chi connectivity index (χ2v) is 5.82. The van der Waals surface area contributed by atoms with Crippen LogP contribution in [0.5, 0.6) is 5.75 Å². The van der Waals surface area contributed by atoms with Crippen molar-refractivity contribution in [2.24, 2.45) is 0 Å². The number of amides is 1. The molecule has 0 aromatic heterocycles. The Labute approximate surface area is 118 Å². The number of aryl methyl sites for hydroxylation is 1. The predicted molar refractivity (Wildman–Crippen MR) is 80.1 cm³/mol. The van der Waals surface area contributed by atoms with Crippen LogP contribution >= 0.6 is 11.8 Å². The Bertz CT molecular complexity index is 497. The zero-order chi connectivity index (χ0) is 14.0. The number of anilines is 1. The van der Waals surface area contributed by atoms with Crippen molar-refractivity contribution in [2.75, 3.05) is 24.1 Å². The van der Waals surface area contributed by atoms with E-state index in [-0.39, 0.29) is 11.9 Å². The number of ether oxygens (including phenoxy) is 1. The van der Waals surface area contributed by atoms with Gasteiger partial charge in [0.1, 0.15) is 5.75 Å². The third-order valence-corrected chi connectivity index (χ3v) is 4.46. The molecule has 4 nitrogen and oxygen atoms in total. The Hall–Kier alpha value is -1.20. The molecule has 1 aromatic carbocycles. The summed E-state index contributed by atoms with van der Waals surface area (Å²) < 4.78 is 5.39. The summed E-state index contributed by atoms with van der Waals surface area (Å²) in [5.74, 6) is 2.61. The molecule has 2 rings (SSSR count). The molecule has 0 radical (unpaired) electrons. The molecule has 1 aliphatic heterocycles. The lowest BCUT2D eigenvalue weighted by molar-refractivity contribution is -0.117. The van der Waals surface area contributed by atoms with Crippen LogP contribution < -0.4 is 15.4 Å². The molecule has 1 heterocycles. The number of hydrogen-bond acceptors (Lipinski definition) is 4. The van der Waals surface area contributed by atoms with Crippen molar-refractivity contribution in [3.05, 3.63) is 22.8 Å². The summed E-state index contributed by atoms with van der Waals surface area (Å²) in [5, 5.41) is 6.19. The van der Waals surface area contributed by atoms with Gasteiger partial charge in [-0.15, -0.1) is 11.8 Å². The highest BCUT2D eigenvalue weighted by Crippen LogP contribution is 2.31. The Kier molecular flexibility index (Phi) is 4.37. The lowest BCUT2D eigenvalue weighted by Crippen LogP contribution is -2.37. The Balaban J connectivity index is 2.23. The quantitative estimate of drug-likeness (QED) is 0.891. The van der Waals surface area contributed by atoms with E-state index >= 15 is 0 Å². The molecule has 19 heavy (non-hydrogen) atoms. The van der Waals surface area contributed by atoms with Crippen LogP contribution in [0, 0.1) is 20.8 Å². The Morgan fingerprint density at radius 1 is 1.42 bits per heavy atom. The number of nitrogens with one attached hydrogen (secondary N) is 2. The maximum absolute atomic E-state index is 12.1. The van der Waals surface area contributed by atoms with Gasteiger partial charge in [0, 0.05) is 17.3 Å². The SMILES string of the molecule is COc1c(C)cc(NC(=O)C2CSCN2)c(C)c1C. The maximum Gasteiger partial charge on any atom is 0.242 e. The molecule has 0 spiro atoms. The van der Waals surface area contributed by atoms with E-state index in [4.69, 9.17) is 4.74 Å². The summed E-state index contributed by atoms with van der Waals surface area (Å²) in [7, 11) is 1.67. The molecule has 0 bridgehead atoms. The molecule has 1 fully saturated rings. The monoisotopic (exact) mass is 280 g/mol. The number of methoxy groups -OCH3 is 1. The van der Waals surface area contributed by atoms with Crippen LogP contribution in [-0.4, -0.2) is 30.7 Å². The van der Waals surface area contributed by atoms with Crippen molar-refractivity contribution < 1.29 is 9.53 Å². The number of thioether (sulfide) groups is 1. The van der Waals surface area contributed by atoms with E-state index in [0.29, 0.717) is 0 Å². The zero-order valence-corrected chi connectivity index (χ0v) is 12.6. The first-order valence-electron chi connectivity index (χ1n) is 6.31. The summed E-state index contributed by atoms with van der Waals surface area (Å²) in [5.41, 5.74) is 4.04. The van der Waals surface area contributed by atoms with E-state index < -0.39 is 0 Å². The fraction of sp³-hybridized carbons (Fsp3) is 0.500. The average molecular weight is 280 g/mol. The van der Waals surface area contributed by atoms with E-state index in [1.807, 2.05) is 26.8 Å². The van der Waals surface area contributed by atoms with Gasteiger partial charge in [0.2, 0.25) is 5.91 Å². The van der Waals surface area contributed by atoms with Crippen LogP contribution in [0.15, 0.2) is 6.07 Å². The van der Waals surface area contributed by atoms with Gasteiger partial charge < -0.3 is 10.1 Å². The Morgan fingerprint density at radius 3 is 2.74 bits per heavy atom. The zero-order valence-electron chi connectivity index (χ0n) is 11.8. The van der Waals surface area contributed by atoms with Gasteiger partial charge in [0.05, 0.1) is 13.2 Å². The van der Waals surface area contributed by atoms with Crippen molar-refractivity contribution in [1.82, 2.24) is 5.32 Å². The van der Waals surface area contributed by atoms with Gasteiger partial charge >= 0.3 is 0 Å².